The number of ether oxygens (including phenoxy) is 2. The summed E-state index contributed by atoms with van der Waals surface area (Å²) in [5.41, 5.74) is 1.30. The third-order valence-corrected chi connectivity index (χ3v) is 5.37. The van der Waals surface area contributed by atoms with Gasteiger partial charge < -0.3 is 23.7 Å². The lowest BCUT2D eigenvalue weighted by Crippen LogP contribution is -2.35. The molecule has 0 N–H and O–H groups in total. The number of methoxy groups -OCH3 is 2. The molecule has 7 heteroatoms. The van der Waals surface area contributed by atoms with Crippen LogP contribution in [0.2, 0.25) is 0 Å². The standard InChI is InChI=1S/C23H24N2O5/c1-24(2)10-11-25-20(14-6-5-7-15(12-14)28-3)19-21(26)17-9-8-16(29-4)13-18(17)30-22(19)23(25)27/h5-9,12-13,20H,10-11H2,1-4H3. The zero-order valence-corrected chi connectivity index (χ0v) is 17.5. The van der Waals surface area contributed by atoms with Gasteiger partial charge in [-0.3, -0.25) is 9.59 Å². The van der Waals surface area contributed by atoms with E-state index in [0.29, 0.717) is 41.1 Å². The highest BCUT2D eigenvalue weighted by Crippen LogP contribution is 2.39. The fourth-order valence-electron chi connectivity index (χ4n) is 3.82. The lowest BCUT2D eigenvalue weighted by molar-refractivity contribution is 0.0716. The van der Waals surface area contributed by atoms with Crippen molar-refractivity contribution in [1.29, 1.82) is 0 Å². The van der Waals surface area contributed by atoms with Gasteiger partial charge in [0.25, 0.3) is 5.91 Å². The van der Waals surface area contributed by atoms with Gasteiger partial charge in [-0.2, -0.15) is 0 Å². The summed E-state index contributed by atoms with van der Waals surface area (Å²) in [5, 5.41) is 0.421. The molecule has 1 aliphatic rings. The Balaban J connectivity index is 1.93. The molecule has 0 radical (unpaired) electrons. The van der Waals surface area contributed by atoms with Crippen molar-refractivity contribution in [2.24, 2.45) is 0 Å². The number of carbonyl (C=O) groups is 1. The lowest BCUT2D eigenvalue weighted by Gasteiger charge is -2.26. The summed E-state index contributed by atoms with van der Waals surface area (Å²) >= 11 is 0. The number of hydrogen-bond acceptors (Lipinski definition) is 6. The third-order valence-electron chi connectivity index (χ3n) is 5.37. The van der Waals surface area contributed by atoms with Gasteiger partial charge in [0.2, 0.25) is 5.76 Å². The Morgan fingerprint density at radius 3 is 2.47 bits per heavy atom. The Morgan fingerprint density at radius 1 is 1.03 bits per heavy atom. The van der Waals surface area contributed by atoms with E-state index in [1.807, 2.05) is 43.3 Å². The fraction of sp³-hybridized carbons (Fsp3) is 0.304. The van der Waals surface area contributed by atoms with Gasteiger partial charge in [-0.05, 0) is 43.9 Å². The molecule has 30 heavy (non-hydrogen) atoms. The maximum absolute atomic E-state index is 13.5. The maximum Gasteiger partial charge on any atom is 0.290 e. The second kappa shape index (κ2) is 7.84. The van der Waals surface area contributed by atoms with Gasteiger partial charge in [-0.1, -0.05) is 12.1 Å². The summed E-state index contributed by atoms with van der Waals surface area (Å²) in [4.78, 5) is 30.5. The number of benzene rings is 2. The molecule has 1 atom stereocenters. The number of fused-ring (bicyclic) bond motifs is 2. The molecule has 0 spiro atoms. The van der Waals surface area contributed by atoms with Crippen LogP contribution in [-0.4, -0.2) is 57.1 Å². The van der Waals surface area contributed by atoms with Gasteiger partial charge in [0.05, 0.1) is 31.2 Å². The van der Waals surface area contributed by atoms with Crippen molar-refractivity contribution in [3.05, 3.63) is 69.6 Å². The summed E-state index contributed by atoms with van der Waals surface area (Å²) in [6.07, 6.45) is 0. The van der Waals surface area contributed by atoms with E-state index in [9.17, 15) is 9.59 Å². The first-order valence-electron chi connectivity index (χ1n) is 9.69. The van der Waals surface area contributed by atoms with Gasteiger partial charge in [-0.25, -0.2) is 0 Å². The SMILES string of the molecule is COc1cccc(C2c3c(oc4cc(OC)ccc4c3=O)C(=O)N2CCN(C)C)c1. The van der Waals surface area contributed by atoms with Crippen LogP contribution >= 0.6 is 0 Å². The molecule has 0 saturated heterocycles. The number of nitrogens with zero attached hydrogens (tertiary/aromatic N) is 2. The van der Waals surface area contributed by atoms with Crippen molar-refractivity contribution in [3.63, 3.8) is 0 Å². The highest BCUT2D eigenvalue weighted by Gasteiger charge is 2.42. The smallest absolute Gasteiger partial charge is 0.290 e. The molecule has 2 heterocycles. The van der Waals surface area contributed by atoms with Gasteiger partial charge in [0.1, 0.15) is 17.1 Å². The molecule has 1 aliphatic heterocycles. The average Bonchev–Trinajstić information content (AvgIpc) is 3.04. The number of hydrogen-bond donors (Lipinski definition) is 0. The van der Waals surface area contributed by atoms with Crippen molar-refractivity contribution in [2.75, 3.05) is 41.4 Å². The molecule has 7 nitrogen and oxygen atoms in total. The van der Waals surface area contributed by atoms with Gasteiger partial charge in [-0.15, -0.1) is 0 Å². The number of carbonyl (C=O) groups excluding carboxylic acids is 1. The Labute approximate surface area is 174 Å². The van der Waals surface area contributed by atoms with Crippen LogP contribution in [0.15, 0.2) is 51.7 Å². The van der Waals surface area contributed by atoms with Crippen LogP contribution in [0.5, 0.6) is 11.5 Å². The predicted molar refractivity (Wildman–Crippen MR) is 113 cm³/mol. The molecule has 0 fully saturated rings. The molecule has 0 saturated carbocycles. The van der Waals surface area contributed by atoms with E-state index in [0.717, 1.165) is 5.56 Å². The van der Waals surface area contributed by atoms with Crippen LogP contribution < -0.4 is 14.9 Å². The molecule has 0 aliphatic carbocycles. The summed E-state index contributed by atoms with van der Waals surface area (Å²) in [5.74, 6) is 1.02. The molecule has 1 unspecified atom stereocenters. The van der Waals surface area contributed by atoms with Gasteiger partial charge in [0.15, 0.2) is 5.43 Å². The van der Waals surface area contributed by atoms with Crippen LogP contribution in [0.25, 0.3) is 11.0 Å². The van der Waals surface area contributed by atoms with E-state index in [1.165, 1.54) is 0 Å². The topological polar surface area (TPSA) is 72.2 Å². The quantitative estimate of drug-likeness (QED) is 0.625. The second-order valence-corrected chi connectivity index (χ2v) is 7.52. The molecule has 1 amide bonds. The van der Waals surface area contributed by atoms with Gasteiger partial charge >= 0.3 is 0 Å². The number of rotatable bonds is 6. The van der Waals surface area contributed by atoms with Crippen molar-refractivity contribution in [3.8, 4) is 11.5 Å². The van der Waals surface area contributed by atoms with E-state index in [-0.39, 0.29) is 17.1 Å². The molecule has 1 aromatic heterocycles. The first kappa shape index (κ1) is 20.0. The molecule has 4 rings (SSSR count). The minimum atomic E-state index is -0.537. The Morgan fingerprint density at radius 2 is 1.77 bits per heavy atom. The van der Waals surface area contributed by atoms with E-state index >= 15 is 0 Å². The van der Waals surface area contributed by atoms with Crippen molar-refractivity contribution in [1.82, 2.24) is 9.80 Å². The van der Waals surface area contributed by atoms with Crippen molar-refractivity contribution >= 4 is 16.9 Å². The zero-order valence-electron chi connectivity index (χ0n) is 17.5. The third kappa shape index (κ3) is 3.31. The highest BCUT2D eigenvalue weighted by atomic mass is 16.5. The number of amides is 1. The summed E-state index contributed by atoms with van der Waals surface area (Å²) in [6, 6.07) is 11.9. The second-order valence-electron chi connectivity index (χ2n) is 7.52. The zero-order chi connectivity index (χ0) is 21.4. The van der Waals surface area contributed by atoms with Crippen LogP contribution in [0.3, 0.4) is 0 Å². The van der Waals surface area contributed by atoms with E-state index < -0.39 is 6.04 Å². The van der Waals surface area contributed by atoms with Crippen LogP contribution in [0.4, 0.5) is 0 Å². The molecule has 3 aromatic rings. The monoisotopic (exact) mass is 408 g/mol. The summed E-state index contributed by atoms with van der Waals surface area (Å²) in [7, 11) is 7.02. The highest BCUT2D eigenvalue weighted by molar-refractivity contribution is 5.99. The fourth-order valence-corrected chi connectivity index (χ4v) is 3.82. The van der Waals surface area contributed by atoms with Gasteiger partial charge in [0, 0.05) is 19.2 Å². The van der Waals surface area contributed by atoms with Crippen molar-refractivity contribution in [2.45, 2.75) is 6.04 Å². The first-order chi connectivity index (χ1) is 14.4. The van der Waals surface area contributed by atoms with Crippen LogP contribution in [0, 0.1) is 0 Å². The largest absolute Gasteiger partial charge is 0.497 e. The normalized spacial score (nSPS) is 15.7. The molecular weight excluding hydrogens is 384 g/mol. The Kier molecular flexibility index (Phi) is 5.22. The summed E-state index contributed by atoms with van der Waals surface area (Å²) < 4.78 is 16.6. The predicted octanol–water partition coefficient (Wildman–Crippen LogP) is 2.92. The molecule has 2 aromatic carbocycles. The molecule has 156 valence electrons. The van der Waals surface area contributed by atoms with Crippen LogP contribution in [0.1, 0.15) is 27.7 Å². The maximum atomic E-state index is 13.5. The van der Waals surface area contributed by atoms with E-state index in [2.05, 4.69) is 0 Å². The lowest BCUT2D eigenvalue weighted by atomic mass is 9.98. The minimum absolute atomic E-state index is 0.0901. The van der Waals surface area contributed by atoms with E-state index in [4.69, 9.17) is 13.9 Å². The van der Waals surface area contributed by atoms with E-state index in [1.54, 1.807) is 37.3 Å². The van der Waals surface area contributed by atoms with Crippen molar-refractivity contribution < 1.29 is 18.7 Å². The molecular formula is C23H24N2O5. The van der Waals surface area contributed by atoms with Crippen LogP contribution in [-0.2, 0) is 0 Å². The Bertz CT molecular complexity index is 1170. The Hall–Kier alpha value is -3.32. The average molecular weight is 408 g/mol. The minimum Gasteiger partial charge on any atom is -0.497 e. The number of likely N-dealkylation sites (N-methyl/N-ethyl adjacent to an activating group) is 1. The first-order valence-corrected chi connectivity index (χ1v) is 9.69. The summed E-state index contributed by atoms with van der Waals surface area (Å²) in [6.45, 7) is 1.11. The molecule has 0 bridgehead atoms.